The normalized spacial score (nSPS) is 17.4. The molecule has 2 aromatic rings. The molecule has 0 bridgehead atoms. The number of halogens is 4. The number of benzene rings is 2. The Kier molecular flexibility index (Phi) is 9.33. The van der Waals surface area contributed by atoms with Crippen LogP contribution < -0.4 is 0 Å². The van der Waals surface area contributed by atoms with E-state index in [1.54, 1.807) is 38.1 Å². The molecule has 0 aromatic heterocycles. The van der Waals surface area contributed by atoms with Gasteiger partial charge in [0.15, 0.2) is 0 Å². The first-order chi connectivity index (χ1) is 17.0. The number of carbonyl (C=O) groups is 2. The van der Waals surface area contributed by atoms with E-state index in [0.29, 0.717) is 18.4 Å². The van der Waals surface area contributed by atoms with Gasteiger partial charge in [-0.15, -0.1) is 0 Å². The Balaban J connectivity index is 1.67. The van der Waals surface area contributed by atoms with Gasteiger partial charge in [0.25, 0.3) is 0 Å². The minimum absolute atomic E-state index is 0.0272. The Bertz CT molecular complexity index is 1090. The lowest BCUT2D eigenvalue weighted by atomic mass is 10.0. The molecule has 36 heavy (non-hydrogen) atoms. The van der Waals surface area contributed by atoms with E-state index in [1.165, 1.54) is 17.0 Å². The number of cyclic esters (lactones) is 1. The van der Waals surface area contributed by atoms with E-state index in [9.17, 15) is 23.5 Å². The highest BCUT2D eigenvalue weighted by molar-refractivity contribution is 6.34. The quantitative estimate of drug-likeness (QED) is 0.310. The fraction of sp³-hybridized carbons (Fsp3) is 0.385. The number of ether oxygens (including phenoxy) is 2. The summed E-state index contributed by atoms with van der Waals surface area (Å²) in [7, 11) is 0. The number of amides is 1. The van der Waals surface area contributed by atoms with Crippen LogP contribution in [0.5, 0.6) is 0 Å². The van der Waals surface area contributed by atoms with Crippen molar-refractivity contribution in [2.45, 2.75) is 50.9 Å². The molecule has 3 rings (SSSR count). The van der Waals surface area contributed by atoms with Crippen molar-refractivity contribution in [1.82, 2.24) is 4.90 Å². The van der Waals surface area contributed by atoms with Crippen LogP contribution >= 0.6 is 23.2 Å². The summed E-state index contributed by atoms with van der Waals surface area (Å²) in [5.74, 6) is -4.07. The van der Waals surface area contributed by atoms with Crippen molar-refractivity contribution in [2.75, 3.05) is 13.2 Å². The average Bonchev–Trinajstić information content (AvgIpc) is 2.81. The van der Waals surface area contributed by atoms with Gasteiger partial charge in [0.05, 0.1) is 24.3 Å². The van der Waals surface area contributed by atoms with Crippen molar-refractivity contribution in [3.63, 3.8) is 0 Å². The van der Waals surface area contributed by atoms with E-state index in [1.807, 2.05) is 0 Å². The van der Waals surface area contributed by atoms with Crippen molar-refractivity contribution in [3.8, 4) is 0 Å². The molecule has 1 aliphatic heterocycles. The minimum Gasteiger partial charge on any atom is -0.459 e. The molecule has 194 valence electrons. The van der Waals surface area contributed by atoms with Crippen LogP contribution in [0, 0.1) is 0 Å². The topological polar surface area (TPSA) is 76.1 Å². The second-order valence-electron chi connectivity index (χ2n) is 8.68. The Morgan fingerprint density at radius 3 is 2.47 bits per heavy atom. The minimum atomic E-state index is -3.65. The Morgan fingerprint density at radius 2 is 1.86 bits per heavy atom. The van der Waals surface area contributed by atoms with Crippen LogP contribution in [0.1, 0.15) is 41.8 Å². The molecule has 1 saturated heterocycles. The predicted molar refractivity (Wildman–Crippen MR) is 133 cm³/mol. The Morgan fingerprint density at radius 1 is 1.22 bits per heavy atom. The van der Waals surface area contributed by atoms with Gasteiger partial charge in [0.1, 0.15) is 6.10 Å². The first kappa shape index (κ1) is 27.9. The molecule has 6 nitrogen and oxygen atoms in total. The van der Waals surface area contributed by atoms with E-state index >= 15 is 0 Å². The van der Waals surface area contributed by atoms with Crippen molar-refractivity contribution in [1.29, 1.82) is 0 Å². The third-order valence-electron chi connectivity index (χ3n) is 5.58. The lowest BCUT2D eigenvalue weighted by molar-refractivity contribution is -0.0929. The zero-order chi connectivity index (χ0) is 26.5. The van der Waals surface area contributed by atoms with Crippen LogP contribution in [0.4, 0.5) is 13.6 Å². The van der Waals surface area contributed by atoms with Crippen LogP contribution in [0.3, 0.4) is 0 Å². The largest absolute Gasteiger partial charge is 0.459 e. The van der Waals surface area contributed by atoms with Gasteiger partial charge in [0.2, 0.25) is 0 Å². The lowest BCUT2D eigenvalue weighted by Gasteiger charge is -2.33. The van der Waals surface area contributed by atoms with Gasteiger partial charge >= 0.3 is 18.0 Å². The molecular formula is C26H27Cl2F2NO5. The smallest absolute Gasteiger partial charge is 0.410 e. The Labute approximate surface area is 218 Å². The summed E-state index contributed by atoms with van der Waals surface area (Å²) in [6, 6.07) is 9.68. The monoisotopic (exact) mass is 541 g/mol. The Hall–Kier alpha value is -2.68. The van der Waals surface area contributed by atoms with Crippen molar-refractivity contribution in [3.05, 3.63) is 81.4 Å². The zero-order valence-electron chi connectivity index (χ0n) is 19.8. The van der Waals surface area contributed by atoms with Crippen LogP contribution in [0.15, 0.2) is 54.6 Å². The number of aliphatic hydroxyl groups is 1. The number of hydrogen-bond donors (Lipinski definition) is 1. The van der Waals surface area contributed by atoms with Crippen LogP contribution in [0.25, 0.3) is 0 Å². The van der Waals surface area contributed by atoms with Crippen LogP contribution in [-0.2, 0) is 21.8 Å². The second-order valence-corrected chi connectivity index (χ2v) is 9.55. The zero-order valence-corrected chi connectivity index (χ0v) is 21.3. The second kappa shape index (κ2) is 12.0. The predicted octanol–water partition coefficient (Wildman–Crippen LogP) is 6.02. The summed E-state index contributed by atoms with van der Waals surface area (Å²) in [4.78, 5) is 25.8. The number of hydrogen-bond acceptors (Lipinski definition) is 5. The van der Waals surface area contributed by atoms with E-state index in [0.717, 1.165) is 23.8 Å². The maximum atomic E-state index is 14.8. The fourth-order valence-corrected chi connectivity index (χ4v) is 4.23. The molecule has 2 atom stereocenters. The summed E-state index contributed by atoms with van der Waals surface area (Å²) in [5, 5.41) is 10.3. The van der Waals surface area contributed by atoms with Crippen molar-refractivity contribution >= 4 is 35.3 Å². The van der Waals surface area contributed by atoms with E-state index in [2.05, 4.69) is 0 Å². The van der Waals surface area contributed by atoms with Crippen LogP contribution in [-0.4, -0.2) is 53.5 Å². The molecule has 0 radical (unpaired) electrons. The molecule has 0 spiro atoms. The molecule has 0 saturated carbocycles. The van der Waals surface area contributed by atoms with Crippen molar-refractivity contribution < 1.29 is 33.0 Å². The molecule has 2 aromatic carbocycles. The maximum Gasteiger partial charge on any atom is 0.410 e. The first-order valence-electron chi connectivity index (χ1n) is 11.4. The number of carbonyl (C=O) groups excluding carboxylic acids is 2. The van der Waals surface area contributed by atoms with E-state index in [4.69, 9.17) is 32.7 Å². The first-order valence-corrected chi connectivity index (χ1v) is 12.2. The molecule has 1 amide bonds. The van der Waals surface area contributed by atoms with Gasteiger partial charge < -0.3 is 19.5 Å². The van der Waals surface area contributed by atoms with E-state index in [-0.39, 0.29) is 29.3 Å². The average molecular weight is 542 g/mol. The van der Waals surface area contributed by atoms with Crippen LogP contribution in [0.2, 0.25) is 10.0 Å². The highest BCUT2D eigenvalue weighted by Gasteiger charge is 2.40. The molecular weight excluding hydrogens is 515 g/mol. The summed E-state index contributed by atoms with van der Waals surface area (Å²) in [6.45, 7) is 3.91. The van der Waals surface area contributed by atoms with Gasteiger partial charge in [-0.25, -0.2) is 9.59 Å². The number of aliphatic hydroxyl groups excluding tert-OH is 1. The van der Waals surface area contributed by atoms with Gasteiger partial charge in [-0.3, -0.25) is 0 Å². The number of rotatable bonds is 9. The molecule has 1 heterocycles. The van der Waals surface area contributed by atoms with Gasteiger partial charge in [0, 0.05) is 28.6 Å². The van der Waals surface area contributed by atoms with Crippen molar-refractivity contribution in [2.24, 2.45) is 0 Å². The summed E-state index contributed by atoms with van der Waals surface area (Å²) >= 11 is 11.7. The SMILES string of the molecule is CC(C)OC(=O)c1ccc(CCN2C(=O)OCCC2C=CC(O)C(F)(F)c2cc(Cl)cc(Cl)c2)cc1. The standard InChI is InChI=1S/C26H27Cl2F2NO5/c1-16(2)36-24(33)18-5-3-17(4-6-18)9-11-31-22(10-12-35-25(31)34)7-8-23(32)26(29,30)19-13-20(27)15-21(28)14-19/h3-8,13-16,22-23,32H,9-12H2,1-2H3. The van der Waals surface area contributed by atoms with Gasteiger partial charge in [-0.1, -0.05) is 47.5 Å². The molecule has 10 heteroatoms. The lowest BCUT2D eigenvalue weighted by Crippen LogP contribution is -2.45. The molecule has 0 aliphatic carbocycles. The maximum absolute atomic E-state index is 14.8. The third kappa shape index (κ3) is 7.18. The van der Waals surface area contributed by atoms with E-state index < -0.39 is 35.7 Å². The highest BCUT2D eigenvalue weighted by Crippen LogP contribution is 2.36. The fourth-order valence-electron chi connectivity index (χ4n) is 3.71. The molecule has 2 unspecified atom stereocenters. The molecule has 1 N–H and O–H groups in total. The number of nitrogens with zero attached hydrogens (tertiary/aromatic N) is 1. The van der Waals surface area contributed by atoms with Gasteiger partial charge in [-0.05, 0) is 56.2 Å². The number of esters is 1. The summed E-state index contributed by atoms with van der Waals surface area (Å²) in [5.41, 5.74) is 0.765. The molecule has 1 fully saturated rings. The number of alkyl halides is 2. The highest BCUT2D eigenvalue weighted by atomic mass is 35.5. The molecule has 1 aliphatic rings. The van der Waals surface area contributed by atoms with Gasteiger partial charge in [-0.2, -0.15) is 8.78 Å². The summed E-state index contributed by atoms with van der Waals surface area (Å²) < 4.78 is 39.9. The third-order valence-corrected chi connectivity index (χ3v) is 6.02. The summed E-state index contributed by atoms with van der Waals surface area (Å²) in [6.07, 6.45) is 0.216.